The first-order valence-corrected chi connectivity index (χ1v) is 9.12. The van der Waals surface area contributed by atoms with Crippen molar-refractivity contribution in [1.82, 2.24) is 5.06 Å². The number of para-hydroxylation sites is 1. The molecule has 0 spiro atoms. The molecule has 0 N–H and O–H groups in total. The second kappa shape index (κ2) is 6.51. The average Bonchev–Trinajstić information content (AvgIpc) is 3.05. The number of benzene rings is 2. The monoisotopic (exact) mass is 364 g/mol. The molecule has 1 amide bonds. The van der Waals surface area contributed by atoms with E-state index >= 15 is 0 Å². The van der Waals surface area contributed by atoms with Gasteiger partial charge in [-0.05, 0) is 23.8 Å². The van der Waals surface area contributed by atoms with Crippen molar-refractivity contribution in [3.8, 4) is 0 Å². The first-order chi connectivity index (χ1) is 13.0. The molecule has 0 radical (unpaired) electrons. The minimum absolute atomic E-state index is 0.205. The molecule has 2 aromatic carbocycles. The van der Waals surface area contributed by atoms with E-state index in [1.54, 1.807) is 17.1 Å². The molecule has 140 valence electrons. The molecule has 27 heavy (non-hydrogen) atoms. The van der Waals surface area contributed by atoms with Gasteiger partial charge in [0, 0.05) is 24.6 Å². The Kier molecular flexibility index (Phi) is 4.29. The van der Waals surface area contributed by atoms with Crippen molar-refractivity contribution in [3.63, 3.8) is 0 Å². The molecular formula is C22H24N2O3. The standard InChI is InChI=1S/C22H24N2O3/c1-21(2)16-22(15-14-17-10-6-4-7-11-17)23(18-12-8-5-9-13-18)20(25)27-24(22)19(21)26-3/h4-15,19H,16H2,1-3H3/b15-14+/t19-,22+/m0/s1. The molecule has 5 heteroatoms. The number of amides is 1. The number of anilines is 1. The normalized spacial score (nSPS) is 27.1. The van der Waals surface area contributed by atoms with E-state index in [-0.39, 0.29) is 11.6 Å². The van der Waals surface area contributed by atoms with Gasteiger partial charge in [-0.1, -0.05) is 73.5 Å². The Morgan fingerprint density at radius 1 is 1.07 bits per heavy atom. The predicted octanol–water partition coefficient (Wildman–Crippen LogP) is 4.67. The molecule has 2 atom stereocenters. The molecule has 0 bridgehead atoms. The largest absolute Gasteiger partial charge is 0.435 e. The highest BCUT2D eigenvalue weighted by Gasteiger charge is 2.66. The van der Waals surface area contributed by atoms with Crippen LogP contribution in [0.15, 0.2) is 66.7 Å². The third kappa shape index (κ3) is 2.83. The van der Waals surface area contributed by atoms with Gasteiger partial charge in [0.1, 0.15) is 0 Å². The number of hydroxylamine groups is 2. The fourth-order valence-electron chi connectivity index (χ4n) is 4.27. The Labute approximate surface area is 159 Å². The second-order valence-electron chi connectivity index (χ2n) is 7.73. The number of hydrogen-bond acceptors (Lipinski definition) is 4. The average molecular weight is 364 g/mol. The van der Waals surface area contributed by atoms with Gasteiger partial charge < -0.3 is 9.57 Å². The number of nitrogens with zero attached hydrogens (tertiary/aromatic N) is 2. The van der Waals surface area contributed by atoms with Crippen LogP contribution in [0.4, 0.5) is 10.5 Å². The van der Waals surface area contributed by atoms with Crippen LogP contribution < -0.4 is 4.90 Å². The summed E-state index contributed by atoms with van der Waals surface area (Å²) in [5.41, 5.74) is 0.912. The Bertz CT molecular complexity index is 850. The molecule has 2 aliphatic heterocycles. The lowest BCUT2D eigenvalue weighted by atomic mass is 9.85. The molecular weight excluding hydrogens is 340 g/mol. The van der Waals surface area contributed by atoms with E-state index in [9.17, 15) is 4.79 Å². The van der Waals surface area contributed by atoms with Crippen LogP contribution in [0.5, 0.6) is 0 Å². The maximum absolute atomic E-state index is 12.8. The summed E-state index contributed by atoms with van der Waals surface area (Å²) in [6.45, 7) is 4.27. The zero-order valence-electron chi connectivity index (χ0n) is 15.8. The minimum Gasteiger partial charge on any atom is -0.362 e. The molecule has 2 heterocycles. The molecule has 0 saturated carbocycles. The van der Waals surface area contributed by atoms with Gasteiger partial charge in [-0.25, -0.2) is 4.79 Å². The van der Waals surface area contributed by atoms with E-state index in [0.717, 1.165) is 11.3 Å². The van der Waals surface area contributed by atoms with Gasteiger partial charge in [-0.2, -0.15) is 0 Å². The maximum Gasteiger partial charge on any atom is 0.435 e. The van der Waals surface area contributed by atoms with Crippen molar-refractivity contribution in [2.75, 3.05) is 12.0 Å². The first kappa shape index (κ1) is 17.8. The topological polar surface area (TPSA) is 42.0 Å². The van der Waals surface area contributed by atoms with Crippen LogP contribution in [0.2, 0.25) is 0 Å². The predicted molar refractivity (Wildman–Crippen MR) is 105 cm³/mol. The number of fused-ring (bicyclic) bond motifs is 1. The Morgan fingerprint density at radius 3 is 2.33 bits per heavy atom. The summed E-state index contributed by atoms with van der Waals surface area (Å²) in [4.78, 5) is 20.3. The van der Waals surface area contributed by atoms with Crippen molar-refractivity contribution in [1.29, 1.82) is 0 Å². The van der Waals surface area contributed by atoms with E-state index < -0.39 is 11.8 Å². The van der Waals surface area contributed by atoms with Crippen LogP contribution in [0.1, 0.15) is 25.8 Å². The lowest BCUT2D eigenvalue weighted by molar-refractivity contribution is -0.211. The Hall–Kier alpha value is -2.63. The highest BCUT2D eigenvalue weighted by molar-refractivity contribution is 5.92. The van der Waals surface area contributed by atoms with Crippen LogP contribution >= 0.6 is 0 Å². The molecule has 2 aliphatic rings. The molecule has 2 fully saturated rings. The second-order valence-corrected chi connectivity index (χ2v) is 7.73. The zero-order chi connectivity index (χ0) is 19.1. The number of rotatable bonds is 4. The number of hydrogen-bond donors (Lipinski definition) is 0. The van der Waals surface area contributed by atoms with E-state index in [4.69, 9.17) is 9.57 Å². The van der Waals surface area contributed by atoms with E-state index in [1.165, 1.54) is 0 Å². The fraction of sp³-hybridized carbons (Fsp3) is 0.318. The number of ether oxygens (including phenoxy) is 1. The summed E-state index contributed by atoms with van der Waals surface area (Å²) < 4.78 is 5.74. The van der Waals surface area contributed by atoms with E-state index in [0.29, 0.717) is 6.42 Å². The van der Waals surface area contributed by atoms with Crippen molar-refractivity contribution in [3.05, 3.63) is 72.3 Å². The van der Waals surface area contributed by atoms with Gasteiger partial charge in [-0.3, -0.25) is 4.90 Å². The van der Waals surface area contributed by atoms with Crippen LogP contribution in [-0.2, 0) is 9.57 Å². The molecule has 2 saturated heterocycles. The summed E-state index contributed by atoms with van der Waals surface area (Å²) in [5, 5.41) is 1.71. The first-order valence-electron chi connectivity index (χ1n) is 9.12. The van der Waals surface area contributed by atoms with Gasteiger partial charge in [0.25, 0.3) is 0 Å². The quantitative estimate of drug-likeness (QED) is 0.790. The Balaban J connectivity index is 1.84. The summed E-state index contributed by atoms with van der Waals surface area (Å²) in [7, 11) is 1.66. The smallest absolute Gasteiger partial charge is 0.362 e. The van der Waals surface area contributed by atoms with E-state index in [1.807, 2.05) is 66.7 Å². The number of carbonyl (C=O) groups is 1. The molecule has 0 unspecified atom stereocenters. The maximum atomic E-state index is 12.8. The summed E-state index contributed by atoms with van der Waals surface area (Å²) >= 11 is 0. The molecule has 5 nitrogen and oxygen atoms in total. The van der Waals surface area contributed by atoms with Crippen LogP contribution in [0.3, 0.4) is 0 Å². The lowest BCUT2D eigenvalue weighted by Gasteiger charge is -2.33. The third-order valence-corrected chi connectivity index (χ3v) is 5.31. The van der Waals surface area contributed by atoms with Gasteiger partial charge in [-0.15, -0.1) is 0 Å². The van der Waals surface area contributed by atoms with E-state index in [2.05, 4.69) is 19.9 Å². The zero-order valence-corrected chi connectivity index (χ0v) is 15.8. The number of methoxy groups -OCH3 is 1. The van der Waals surface area contributed by atoms with Gasteiger partial charge >= 0.3 is 6.09 Å². The third-order valence-electron chi connectivity index (χ3n) is 5.31. The fourth-order valence-corrected chi connectivity index (χ4v) is 4.27. The van der Waals surface area contributed by atoms with Gasteiger partial charge in [0.2, 0.25) is 0 Å². The van der Waals surface area contributed by atoms with Crippen molar-refractivity contribution < 1.29 is 14.4 Å². The lowest BCUT2D eigenvalue weighted by Crippen LogP contribution is -2.50. The highest BCUT2D eigenvalue weighted by Crippen LogP contribution is 2.53. The molecule has 4 rings (SSSR count). The number of carbonyl (C=O) groups excluding carboxylic acids is 1. The van der Waals surface area contributed by atoms with Gasteiger partial charge in [0.05, 0.1) is 0 Å². The van der Waals surface area contributed by atoms with Crippen LogP contribution in [-0.4, -0.2) is 30.2 Å². The van der Waals surface area contributed by atoms with Crippen molar-refractivity contribution >= 4 is 17.9 Å². The van der Waals surface area contributed by atoms with Gasteiger partial charge in [0.15, 0.2) is 11.9 Å². The van der Waals surface area contributed by atoms with Crippen molar-refractivity contribution in [2.24, 2.45) is 5.41 Å². The molecule has 0 aliphatic carbocycles. The van der Waals surface area contributed by atoms with Crippen LogP contribution in [0, 0.1) is 5.41 Å². The summed E-state index contributed by atoms with van der Waals surface area (Å²) in [6.07, 6.45) is 4.05. The highest BCUT2D eigenvalue weighted by atomic mass is 16.8. The summed E-state index contributed by atoms with van der Waals surface area (Å²) in [5.74, 6) is 0. The minimum atomic E-state index is -0.752. The summed E-state index contributed by atoms with van der Waals surface area (Å²) in [6, 6.07) is 19.7. The van der Waals surface area contributed by atoms with Crippen molar-refractivity contribution in [2.45, 2.75) is 32.2 Å². The molecule has 0 aromatic heterocycles. The Morgan fingerprint density at radius 2 is 1.70 bits per heavy atom. The SMILES string of the molecule is CO[C@@H]1N2OC(=O)N(c3ccccc3)[C@@]2(/C=C/c2ccccc2)CC1(C)C. The van der Waals surface area contributed by atoms with Crippen LogP contribution in [0.25, 0.3) is 6.08 Å². The molecule has 2 aromatic rings.